The molecule has 3 N–H and O–H groups in total. The van der Waals surface area contributed by atoms with Gasteiger partial charge in [-0.1, -0.05) is 290 Å². The molecule has 3 atom stereocenters. The van der Waals surface area contributed by atoms with Gasteiger partial charge in [0.15, 0.2) is 0 Å². The van der Waals surface area contributed by atoms with Gasteiger partial charge in [0.2, 0.25) is 5.91 Å². The van der Waals surface area contributed by atoms with Gasteiger partial charge in [-0.05, 0) is 25.7 Å². The van der Waals surface area contributed by atoms with Crippen molar-refractivity contribution in [1.29, 1.82) is 0 Å². The first kappa shape index (κ1) is 61.9. The zero-order chi connectivity index (χ0) is 45.9. The Balaban J connectivity index is 4.47. The third kappa shape index (κ3) is 47.2. The van der Waals surface area contributed by atoms with Gasteiger partial charge in [-0.3, -0.25) is 9.59 Å². The molecule has 0 spiro atoms. The topological polar surface area (TPSA) is 95.9 Å². The number of nitrogens with one attached hydrogen (secondary N) is 1. The molecule has 3 unspecified atom stereocenters. The minimum atomic E-state index is -0.780. The van der Waals surface area contributed by atoms with E-state index in [1.54, 1.807) is 0 Å². The summed E-state index contributed by atoms with van der Waals surface area (Å²) in [6.07, 6.45) is 57.4. The molecular weight excluding hydrogens is 779 g/mol. The molecule has 0 aliphatic rings. The molecule has 0 aliphatic heterocycles. The standard InChI is InChI=1S/C57H113NO5/c1-4-7-10-13-16-19-22-25-28-29-31-34-37-40-43-46-49-55(60)54(52-59)58-56(61)51-53(48-45-42-39-36-33-30-26-23-20-17-14-11-8-5-2)63-57(62)50-47-44-41-38-35-32-27-24-21-18-15-12-9-6-3/h53-55,59-60H,4-52H2,1-3H3,(H,58,61). The fourth-order valence-electron chi connectivity index (χ4n) is 9.32. The van der Waals surface area contributed by atoms with Gasteiger partial charge < -0.3 is 20.3 Å². The highest BCUT2D eigenvalue weighted by molar-refractivity contribution is 5.77. The largest absolute Gasteiger partial charge is 0.462 e. The first-order valence-electron chi connectivity index (χ1n) is 28.8. The van der Waals surface area contributed by atoms with Gasteiger partial charge in [-0.25, -0.2) is 0 Å². The molecule has 376 valence electrons. The third-order valence-electron chi connectivity index (χ3n) is 13.7. The lowest BCUT2D eigenvalue weighted by Crippen LogP contribution is -2.46. The Morgan fingerprint density at radius 3 is 0.968 bits per heavy atom. The summed E-state index contributed by atoms with van der Waals surface area (Å²) in [6.45, 7) is 6.53. The van der Waals surface area contributed by atoms with E-state index in [-0.39, 0.29) is 24.9 Å². The number of aliphatic hydroxyl groups is 2. The van der Waals surface area contributed by atoms with Crippen LogP contribution >= 0.6 is 0 Å². The Morgan fingerprint density at radius 2 is 0.667 bits per heavy atom. The van der Waals surface area contributed by atoms with E-state index in [0.29, 0.717) is 19.3 Å². The summed E-state index contributed by atoms with van der Waals surface area (Å²) in [4.78, 5) is 26.2. The third-order valence-corrected chi connectivity index (χ3v) is 13.7. The maximum atomic E-state index is 13.3. The van der Waals surface area contributed by atoms with Crippen LogP contribution < -0.4 is 5.32 Å². The average Bonchev–Trinajstić information content (AvgIpc) is 3.28. The molecule has 0 aromatic carbocycles. The van der Waals surface area contributed by atoms with E-state index in [2.05, 4.69) is 26.1 Å². The predicted octanol–water partition coefficient (Wildman–Crippen LogP) is 17.5. The number of ether oxygens (including phenoxy) is 1. The fraction of sp³-hybridized carbons (Fsp3) is 0.965. The highest BCUT2D eigenvalue weighted by Gasteiger charge is 2.24. The van der Waals surface area contributed by atoms with Crippen LogP contribution in [0.2, 0.25) is 0 Å². The smallest absolute Gasteiger partial charge is 0.306 e. The Hall–Kier alpha value is -1.14. The normalized spacial score (nSPS) is 13.0. The minimum absolute atomic E-state index is 0.0885. The van der Waals surface area contributed by atoms with Gasteiger partial charge in [0.05, 0.1) is 25.2 Å². The monoisotopic (exact) mass is 892 g/mol. The molecule has 0 fully saturated rings. The van der Waals surface area contributed by atoms with E-state index in [9.17, 15) is 19.8 Å². The molecule has 6 heteroatoms. The van der Waals surface area contributed by atoms with Crippen LogP contribution in [0, 0.1) is 0 Å². The van der Waals surface area contributed by atoms with Crippen LogP contribution in [0.3, 0.4) is 0 Å². The molecule has 0 aliphatic carbocycles. The molecule has 0 rings (SSSR count). The van der Waals surface area contributed by atoms with E-state index in [4.69, 9.17) is 4.74 Å². The molecular formula is C57H113NO5. The molecule has 0 aromatic rings. The SMILES string of the molecule is CCCCCCCCCCCCCCCCCCC(O)C(CO)NC(=O)CC(CCCCCCCCCCCCCCCC)OC(=O)CCCCCCCCCCCCCCCC. The first-order chi connectivity index (χ1) is 31.0. The summed E-state index contributed by atoms with van der Waals surface area (Å²) in [5.41, 5.74) is 0. The van der Waals surface area contributed by atoms with Crippen molar-refractivity contribution in [3.63, 3.8) is 0 Å². The van der Waals surface area contributed by atoms with Crippen LogP contribution in [0.25, 0.3) is 0 Å². The van der Waals surface area contributed by atoms with Crippen molar-refractivity contribution in [2.24, 2.45) is 0 Å². The summed E-state index contributed by atoms with van der Waals surface area (Å²) in [5, 5.41) is 23.9. The molecule has 6 nitrogen and oxygen atoms in total. The molecule has 0 bridgehead atoms. The predicted molar refractivity (Wildman–Crippen MR) is 274 cm³/mol. The quantitative estimate of drug-likeness (QED) is 0.0418. The summed E-state index contributed by atoms with van der Waals surface area (Å²) < 4.78 is 5.96. The number of unbranched alkanes of at least 4 members (excludes halogenated alkanes) is 41. The zero-order valence-electron chi connectivity index (χ0n) is 43.0. The second-order valence-electron chi connectivity index (χ2n) is 20.1. The van der Waals surface area contributed by atoms with Crippen LogP contribution in [0.4, 0.5) is 0 Å². The molecule has 0 aromatic heterocycles. The molecule has 1 amide bonds. The minimum Gasteiger partial charge on any atom is -0.462 e. The van der Waals surface area contributed by atoms with Gasteiger partial charge in [-0.15, -0.1) is 0 Å². The number of carbonyl (C=O) groups is 2. The lowest BCUT2D eigenvalue weighted by Gasteiger charge is -2.24. The Labute approximate surface area is 394 Å². The highest BCUT2D eigenvalue weighted by atomic mass is 16.5. The molecule has 0 heterocycles. The number of carbonyl (C=O) groups excluding carboxylic acids is 2. The van der Waals surface area contributed by atoms with Crippen LogP contribution in [0.15, 0.2) is 0 Å². The van der Waals surface area contributed by atoms with Crippen molar-refractivity contribution in [3.05, 3.63) is 0 Å². The number of esters is 1. The molecule has 0 saturated carbocycles. The number of amides is 1. The van der Waals surface area contributed by atoms with E-state index >= 15 is 0 Å². The van der Waals surface area contributed by atoms with Gasteiger partial charge >= 0.3 is 5.97 Å². The van der Waals surface area contributed by atoms with Gasteiger partial charge in [0.25, 0.3) is 0 Å². The molecule has 0 saturated heterocycles. The van der Waals surface area contributed by atoms with Crippen molar-refractivity contribution in [3.8, 4) is 0 Å². The number of rotatable bonds is 53. The van der Waals surface area contributed by atoms with E-state index in [1.165, 1.54) is 244 Å². The van der Waals surface area contributed by atoms with Crippen molar-refractivity contribution in [1.82, 2.24) is 5.32 Å². The Morgan fingerprint density at radius 1 is 0.397 bits per heavy atom. The fourth-order valence-corrected chi connectivity index (χ4v) is 9.32. The second-order valence-corrected chi connectivity index (χ2v) is 20.1. The maximum Gasteiger partial charge on any atom is 0.306 e. The molecule has 0 radical (unpaired) electrons. The maximum absolute atomic E-state index is 13.3. The van der Waals surface area contributed by atoms with Crippen LogP contribution in [-0.2, 0) is 14.3 Å². The van der Waals surface area contributed by atoms with E-state index in [0.717, 1.165) is 38.5 Å². The number of hydrogen-bond donors (Lipinski definition) is 3. The Bertz CT molecular complexity index is 913. The van der Waals surface area contributed by atoms with Gasteiger partial charge in [-0.2, -0.15) is 0 Å². The number of hydrogen-bond acceptors (Lipinski definition) is 5. The molecule has 63 heavy (non-hydrogen) atoms. The summed E-state index contributed by atoms with van der Waals surface area (Å²) >= 11 is 0. The van der Waals surface area contributed by atoms with E-state index in [1.807, 2.05) is 0 Å². The first-order valence-corrected chi connectivity index (χ1v) is 28.8. The van der Waals surface area contributed by atoms with Crippen molar-refractivity contribution < 1.29 is 24.5 Å². The second kappa shape index (κ2) is 51.8. The average molecular weight is 893 g/mol. The summed E-state index contributed by atoms with van der Waals surface area (Å²) in [7, 11) is 0. The zero-order valence-corrected chi connectivity index (χ0v) is 43.0. The highest BCUT2D eigenvalue weighted by Crippen LogP contribution is 2.19. The van der Waals surface area contributed by atoms with Gasteiger partial charge in [0.1, 0.15) is 6.10 Å². The van der Waals surface area contributed by atoms with Crippen molar-refractivity contribution >= 4 is 11.9 Å². The van der Waals surface area contributed by atoms with E-state index < -0.39 is 18.2 Å². The van der Waals surface area contributed by atoms with Crippen LogP contribution in [0.1, 0.15) is 329 Å². The number of aliphatic hydroxyl groups excluding tert-OH is 2. The lowest BCUT2D eigenvalue weighted by molar-refractivity contribution is -0.151. The lowest BCUT2D eigenvalue weighted by atomic mass is 10.0. The van der Waals surface area contributed by atoms with Crippen LogP contribution in [0.5, 0.6) is 0 Å². The van der Waals surface area contributed by atoms with Gasteiger partial charge in [0, 0.05) is 6.42 Å². The van der Waals surface area contributed by atoms with Crippen molar-refractivity contribution in [2.45, 2.75) is 347 Å². The van der Waals surface area contributed by atoms with Crippen LogP contribution in [-0.4, -0.2) is 46.9 Å². The summed E-state index contributed by atoms with van der Waals surface area (Å²) in [6, 6.07) is -0.693. The summed E-state index contributed by atoms with van der Waals surface area (Å²) in [5.74, 6) is -0.445. The van der Waals surface area contributed by atoms with Crippen molar-refractivity contribution in [2.75, 3.05) is 6.61 Å². The Kier molecular flexibility index (Phi) is 50.9.